The summed E-state index contributed by atoms with van der Waals surface area (Å²) in [7, 11) is 0. The predicted octanol–water partition coefficient (Wildman–Crippen LogP) is 4.13. The number of rotatable bonds is 7. The SMILES string of the molecule is CCCNCc1c(OCCC)ccc2ccccc12. The van der Waals surface area contributed by atoms with E-state index in [2.05, 4.69) is 55.6 Å². The molecule has 0 aliphatic rings. The fourth-order valence-corrected chi connectivity index (χ4v) is 2.24. The zero-order chi connectivity index (χ0) is 13.5. The molecule has 0 unspecified atom stereocenters. The van der Waals surface area contributed by atoms with E-state index in [1.165, 1.54) is 16.3 Å². The molecule has 0 radical (unpaired) electrons. The lowest BCUT2D eigenvalue weighted by Gasteiger charge is -2.14. The van der Waals surface area contributed by atoms with Crippen molar-refractivity contribution in [1.29, 1.82) is 0 Å². The molecular weight excluding hydrogens is 234 g/mol. The molecule has 2 aromatic rings. The maximum absolute atomic E-state index is 5.89. The lowest BCUT2D eigenvalue weighted by molar-refractivity contribution is 0.314. The maximum atomic E-state index is 5.89. The molecule has 0 amide bonds. The van der Waals surface area contributed by atoms with Gasteiger partial charge in [-0.3, -0.25) is 0 Å². The molecule has 0 saturated heterocycles. The van der Waals surface area contributed by atoms with Crippen LogP contribution in [-0.4, -0.2) is 13.2 Å². The number of hydrogen-bond acceptors (Lipinski definition) is 2. The van der Waals surface area contributed by atoms with Crippen LogP contribution in [0.5, 0.6) is 5.75 Å². The molecule has 2 nitrogen and oxygen atoms in total. The van der Waals surface area contributed by atoms with Gasteiger partial charge in [0.2, 0.25) is 0 Å². The average Bonchev–Trinajstić information content (AvgIpc) is 2.46. The van der Waals surface area contributed by atoms with Gasteiger partial charge >= 0.3 is 0 Å². The van der Waals surface area contributed by atoms with Crippen LogP contribution in [0.3, 0.4) is 0 Å². The van der Waals surface area contributed by atoms with Crippen LogP contribution in [0.4, 0.5) is 0 Å². The molecule has 102 valence electrons. The Morgan fingerprint density at radius 1 is 1.00 bits per heavy atom. The minimum absolute atomic E-state index is 0.777. The van der Waals surface area contributed by atoms with Crippen LogP contribution in [-0.2, 0) is 6.54 Å². The number of ether oxygens (including phenoxy) is 1. The highest BCUT2D eigenvalue weighted by Crippen LogP contribution is 2.28. The van der Waals surface area contributed by atoms with Crippen LogP contribution in [0.2, 0.25) is 0 Å². The minimum Gasteiger partial charge on any atom is -0.493 e. The first kappa shape index (κ1) is 13.9. The molecule has 0 bridgehead atoms. The van der Waals surface area contributed by atoms with Crippen molar-refractivity contribution in [2.75, 3.05) is 13.2 Å². The molecular formula is C17H23NO. The molecule has 19 heavy (non-hydrogen) atoms. The van der Waals surface area contributed by atoms with E-state index in [0.717, 1.165) is 38.3 Å². The van der Waals surface area contributed by atoms with Gasteiger partial charge < -0.3 is 10.1 Å². The number of benzene rings is 2. The fourth-order valence-electron chi connectivity index (χ4n) is 2.24. The van der Waals surface area contributed by atoms with Crippen LogP contribution in [0.1, 0.15) is 32.3 Å². The van der Waals surface area contributed by atoms with E-state index in [4.69, 9.17) is 4.74 Å². The van der Waals surface area contributed by atoms with E-state index < -0.39 is 0 Å². The van der Waals surface area contributed by atoms with Gasteiger partial charge in [-0.25, -0.2) is 0 Å². The number of fused-ring (bicyclic) bond motifs is 1. The Labute approximate surface area is 115 Å². The summed E-state index contributed by atoms with van der Waals surface area (Å²) in [5, 5.41) is 6.05. The summed E-state index contributed by atoms with van der Waals surface area (Å²) < 4.78 is 5.89. The molecule has 1 N–H and O–H groups in total. The summed E-state index contributed by atoms with van der Waals surface area (Å²) in [5.41, 5.74) is 1.28. The van der Waals surface area contributed by atoms with Crippen molar-refractivity contribution in [3.8, 4) is 5.75 Å². The Kier molecular flexibility index (Phi) is 5.22. The van der Waals surface area contributed by atoms with Crippen molar-refractivity contribution < 1.29 is 4.74 Å². The van der Waals surface area contributed by atoms with Crippen molar-refractivity contribution >= 4 is 10.8 Å². The van der Waals surface area contributed by atoms with Crippen LogP contribution in [0.15, 0.2) is 36.4 Å². The van der Waals surface area contributed by atoms with Crippen molar-refractivity contribution in [2.45, 2.75) is 33.2 Å². The second-order valence-corrected chi connectivity index (χ2v) is 4.79. The van der Waals surface area contributed by atoms with Crippen LogP contribution in [0, 0.1) is 0 Å². The first-order chi connectivity index (χ1) is 9.36. The molecule has 2 rings (SSSR count). The van der Waals surface area contributed by atoms with Gasteiger partial charge in [0.1, 0.15) is 5.75 Å². The summed E-state index contributed by atoms with van der Waals surface area (Å²) in [6.07, 6.45) is 2.19. The Hall–Kier alpha value is -1.54. The third kappa shape index (κ3) is 3.48. The van der Waals surface area contributed by atoms with Gasteiger partial charge in [-0.1, -0.05) is 44.2 Å². The Morgan fingerprint density at radius 2 is 1.84 bits per heavy atom. The summed E-state index contributed by atoms with van der Waals surface area (Å²) in [6.45, 7) is 7.00. The van der Waals surface area contributed by atoms with E-state index in [-0.39, 0.29) is 0 Å². The second-order valence-electron chi connectivity index (χ2n) is 4.79. The first-order valence-corrected chi connectivity index (χ1v) is 7.21. The Bertz CT molecular complexity index is 522. The standard InChI is InChI=1S/C17H23NO/c1-3-11-18-13-16-15-8-6-5-7-14(15)9-10-17(16)19-12-4-2/h5-10,18H,3-4,11-13H2,1-2H3. The van der Waals surface area contributed by atoms with Gasteiger partial charge in [0.15, 0.2) is 0 Å². The van der Waals surface area contributed by atoms with Crippen LogP contribution >= 0.6 is 0 Å². The monoisotopic (exact) mass is 257 g/mol. The lowest BCUT2D eigenvalue weighted by atomic mass is 10.0. The molecule has 0 saturated carbocycles. The minimum atomic E-state index is 0.777. The molecule has 2 aromatic carbocycles. The van der Waals surface area contributed by atoms with Gasteiger partial charge in [-0.2, -0.15) is 0 Å². The quantitative estimate of drug-likeness (QED) is 0.753. The average molecular weight is 257 g/mol. The summed E-state index contributed by atoms with van der Waals surface area (Å²) in [4.78, 5) is 0. The lowest BCUT2D eigenvalue weighted by Crippen LogP contribution is -2.15. The molecule has 2 heteroatoms. The molecule has 0 spiro atoms. The van der Waals surface area contributed by atoms with Gasteiger partial charge in [-0.05, 0) is 36.2 Å². The van der Waals surface area contributed by atoms with E-state index in [0.29, 0.717) is 0 Å². The van der Waals surface area contributed by atoms with Crippen molar-refractivity contribution in [1.82, 2.24) is 5.32 Å². The number of hydrogen-bond donors (Lipinski definition) is 1. The molecule has 0 heterocycles. The number of nitrogens with one attached hydrogen (secondary N) is 1. The van der Waals surface area contributed by atoms with E-state index >= 15 is 0 Å². The second kappa shape index (κ2) is 7.15. The van der Waals surface area contributed by atoms with Crippen molar-refractivity contribution in [2.24, 2.45) is 0 Å². The van der Waals surface area contributed by atoms with Crippen LogP contribution in [0.25, 0.3) is 10.8 Å². The maximum Gasteiger partial charge on any atom is 0.124 e. The van der Waals surface area contributed by atoms with E-state index in [9.17, 15) is 0 Å². The predicted molar refractivity (Wildman–Crippen MR) is 81.7 cm³/mol. The third-order valence-electron chi connectivity index (χ3n) is 3.19. The summed E-state index contributed by atoms with van der Waals surface area (Å²) in [5.74, 6) is 1.02. The molecule has 0 fully saturated rings. The van der Waals surface area contributed by atoms with Crippen molar-refractivity contribution in [3.05, 3.63) is 42.0 Å². The summed E-state index contributed by atoms with van der Waals surface area (Å²) in [6, 6.07) is 12.7. The van der Waals surface area contributed by atoms with Gasteiger partial charge in [-0.15, -0.1) is 0 Å². The van der Waals surface area contributed by atoms with E-state index in [1.807, 2.05) is 0 Å². The highest BCUT2D eigenvalue weighted by molar-refractivity contribution is 5.87. The molecule has 0 aliphatic carbocycles. The molecule has 0 aromatic heterocycles. The fraction of sp³-hybridized carbons (Fsp3) is 0.412. The highest BCUT2D eigenvalue weighted by atomic mass is 16.5. The molecule has 0 atom stereocenters. The largest absolute Gasteiger partial charge is 0.493 e. The Morgan fingerprint density at radius 3 is 2.63 bits per heavy atom. The topological polar surface area (TPSA) is 21.3 Å². The zero-order valence-corrected chi connectivity index (χ0v) is 11.9. The summed E-state index contributed by atoms with van der Waals surface area (Å²) >= 11 is 0. The van der Waals surface area contributed by atoms with Gasteiger partial charge in [0.25, 0.3) is 0 Å². The van der Waals surface area contributed by atoms with E-state index in [1.54, 1.807) is 0 Å². The smallest absolute Gasteiger partial charge is 0.124 e. The van der Waals surface area contributed by atoms with Crippen molar-refractivity contribution in [3.63, 3.8) is 0 Å². The first-order valence-electron chi connectivity index (χ1n) is 7.21. The van der Waals surface area contributed by atoms with Crippen LogP contribution < -0.4 is 10.1 Å². The normalized spacial score (nSPS) is 10.8. The third-order valence-corrected chi connectivity index (χ3v) is 3.19. The molecule has 0 aliphatic heterocycles. The van der Waals surface area contributed by atoms with Gasteiger partial charge in [0.05, 0.1) is 6.61 Å². The zero-order valence-electron chi connectivity index (χ0n) is 11.9. The highest BCUT2D eigenvalue weighted by Gasteiger charge is 2.08. The van der Waals surface area contributed by atoms with Gasteiger partial charge in [0, 0.05) is 12.1 Å². The Balaban J connectivity index is 2.33.